The topological polar surface area (TPSA) is 216 Å². The van der Waals surface area contributed by atoms with Crippen LogP contribution in [0, 0.1) is 34.3 Å². The van der Waals surface area contributed by atoms with Gasteiger partial charge in [0.15, 0.2) is 0 Å². The summed E-state index contributed by atoms with van der Waals surface area (Å²) in [5.74, 6) is 0.586. The molecule has 29 heteroatoms. The third-order valence-electron chi connectivity index (χ3n) is 14.3. The number of anilines is 1. The second-order valence-electron chi connectivity index (χ2n) is 21.0. The highest BCUT2D eigenvalue weighted by Crippen LogP contribution is 2.42. The highest BCUT2D eigenvalue weighted by atomic mass is 19.4. The average molecular weight is 1170 g/mol. The number of methoxy groups -OCH3 is 2. The first-order valence-electron chi connectivity index (χ1n) is 25.2. The third kappa shape index (κ3) is 14.8. The molecule has 0 aliphatic carbocycles. The molecular weight excluding hydrogens is 1110 g/mol. The second kappa shape index (κ2) is 25.5. The normalized spacial score (nSPS) is 17.0. The Kier molecular flexibility index (Phi) is 19.7. The molecule has 6 amide bonds. The van der Waals surface area contributed by atoms with Crippen LogP contribution in [0.15, 0.2) is 67.1 Å². The maximum atomic E-state index is 16.1. The highest BCUT2D eigenvalue weighted by molar-refractivity contribution is 5.87. The number of alkyl carbamates (subject to hydrolysis) is 2. The molecule has 0 radical (unpaired) electrons. The number of carbonyl (C=O) groups is 5. The van der Waals surface area contributed by atoms with Crippen molar-refractivity contribution in [2.75, 3.05) is 52.8 Å². The van der Waals surface area contributed by atoms with Gasteiger partial charge in [0.2, 0.25) is 5.91 Å². The molecule has 2 unspecified atom stereocenters. The molecule has 0 spiro atoms. The number of hydrogen-bond donors (Lipinski definition) is 5. The Morgan fingerprint density at radius 2 is 1.28 bits per heavy atom. The van der Waals surface area contributed by atoms with Gasteiger partial charge in [-0.3, -0.25) is 15.0 Å². The van der Waals surface area contributed by atoms with E-state index in [4.69, 9.17) is 0 Å². The van der Waals surface area contributed by atoms with Gasteiger partial charge in [-0.05, 0) is 94.5 Å². The van der Waals surface area contributed by atoms with Crippen LogP contribution in [-0.2, 0) is 32.0 Å². The molecule has 4 heterocycles. The maximum absolute atomic E-state index is 16.1. The van der Waals surface area contributed by atoms with Crippen molar-refractivity contribution in [3.8, 4) is 23.0 Å². The third-order valence-corrected chi connectivity index (χ3v) is 14.3. The van der Waals surface area contributed by atoms with Crippen LogP contribution >= 0.6 is 0 Å². The fraction of sp³-hybridized carbons (Fsp3) is 0.491. The van der Waals surface area contributed by atoms with E-state index in [-0.39, 0.29) is 39.5 Å². The number of pyridine rings is 1. The van der Waals surface area contributed by atoms with E-state index < -0.39 is 115 Å². The molecule has 2 aromatic heterocycles. The Balaban J connectivity index is 1.32. The van der Waals surface area contributed by atoms with Crippen LogP contribution in [0.3, 0.4) is 0 Å². The van der Waals surface area contributed by atoms with Crippen molar-refractivity contribution >= 4 is 35.8 Å². The van der Waals surface area contributed by atoms with E-state index in [0.717, 1.165) is 39.5 Å². The minimum atomic E-state index is -5.24. The fourth-order valence-corrected chi connectivity index (χ4v) is 9.21. The number of benzene rings is 2. The lowest BCUT2D eigenvalue weighted by molar-refractivity contribution is -0.221. The van der Waals surface area contributed by atoms with Gasteiger partial charge in [-0.25, -0.2) is 37.8 Å². The first-order chi connectivity index (χ1) is 38.2. The molecule has 5 N–H and O–H groups in total. The molecule has 0 saturated carbocycles. The van der Waals surface area contributed by atoms with Gasteiger partial charge in [0.25, 0.3) is 5.91 Å². The quantitative estimate of drug-likeness (QED) is 0.0391. The van der Waals surface area contributed by atoms with Crippen LogP contribution in [0.4, 0.5) is 64.1 Å². The summed E-state index contributed by atoms with van der Waals surface area (Å²) in [5, 5.41) is 21.9. The summed E-state index contributed by atoms with van der Waals surface area (Å²) in [4.78, 5) is 75.9. The number of amides is 6. The van der Waals surface area contributed by atoms with E-state index >= 15 is 8.78 Å². The highest BCUT2D eigenvalue weighted by Gasteiger charge is 2.57. The Morgan fingerprint density at radius 3 is 1.76 bits per heavy atom. The smallest absolute Gasteiger partial charge is 0.407 e. The lowest BCUT2D eigenvalue weighted by Gasteiger charge is -2.42. The summed E-state index contributed by atoms with van der Waals surface area (Å²) in [7, 11) is 5.02. The number of aliphatic hydroxyl groups excluding tert-OH is 1. The van der Waals surface area contributed by atoms with Gasteiger partial charge >= 0.3 is 37.1 Å². The number of aliphatic hydroxyl groups is 1. The zero-order valence-electron chi connectivity index (χ0n) is 45.6. The summed E-state index contributed by atoms with van der Waals surface area (Å²) in [5.41, 5.74) is -4.38. The number of urea groups is 1. The Bertz CT molecular complexity index is 2970. The molecule has 2 aliphatic heterocycles. The van der Waals surface area contributed by atoms with Gasteiger partial charge < -0.3 is 45.2 Å². The van der Waals surface area contributed by atoms with Crippen molar-refractivity contribution in [1.29, 1.82) is 0 Å². The van der Waals surface area contributed by atoms with Gasteiger partial charge in [-0.1, -0.05) is 24.0 Å². The molecule has 2 saturated heterocycles. The van der Waals surface area contributed by atoms with Gasteiger partial charge in [0.05, 0.1) is 55.5 Å². The van der Waals surface area contributed by atoms with E-state index in [1.807, 2.05) is 21.7 Å². The van der Waals surface area contributed by atoms with Gasteiger partial charge in [-0.2, -0.15) is 40.2 Å². The molecular formula is C53H61F10N11O8. The summed E-state index contributed by atoms with van der Waals surface area (Å²) in [6.07, 6.45) is -11.1. The molecule has 2 aliphatic rings. The zero-order chi connectivity index (χ0) is 60.8. The van der Waals surface area contributed by atoms with Crippen molar-refractivity contribution in [2.45, 2.75) is 109 Å². The van der Waals surface area contributed by atoms with E-state index in [2.05, 4.69) is 41.6 Å². The monoisotopic (exact) mass is 1170 g/mol. The molecule has 4 aromatic rings. The number of hydrogen-bond acceptors (Lipinski definition) is 12. The number of piperazine rings is 1. The van der Waals surface area contributed by atoms with Crippen LogP contribution in [-0.4, -0.2) is 161 Å². The van der Waals surface area contributed by atoms with Crippen molar-refractivity contribution < 1.29 is 82.5 Å². The van der Waals surface area contributed by atoms with Crippen LogP contribution in [0.5, 0.6) is 0 Å². The lowest BCUT2D eigenvalue weighted by Crippen LogP contribution is -2.63. The number of nitrogens with one attached hydrogen (secondary N) is 4. The first kappa shape index (κ1) is 63.3. The van der Waals surface area contributed by atoms with Crippen LogP contribution in [0.2, 0.25) is 0 Å². The molecule has 6 atom stereocenters. The average Bonchev–Trinajstić information content (AvgIpc) is 4.20. The molecule has 2 bridgehead atoms. The number of rotatable bonds is 18. The van der Waals surface area contributed by atoms with E-state index in [9.17, 15) is 64.2 Å². The predicted molar refractivity (Wildman–Crippen MR) is 274 cm³/mol. The summed E-state index contributed by atoms with van der Waals surface area (Å²) >= 11 is 0. The number of alkyl halides is 8. The summed E-state index contributed by atoms with van der Waals surface area (Å²) in [6, 6.07) is 4.11. The molecule has 19 nitrogen and oxygen atoms in total. The Hall–Kier alpha value is -7.87. The molecule has 2 fully saturated rings. The molecule has 446 valence electrons. The summed E-state index contributed by atoms with van der Waals surface area (Å²) < 4.78 is 155. The molecule has 6 rings (SSSR count). The van der Waals surface area contributed by atoms with Crippen LogP contribution in [0.25, 0.3) is 11.1 Å². The fourth-order valence-electron chi connectivity index (χ4n) is 9.21. The standard InChI is InChI=1S/C53H61F10N11O8/c1-50(2,52(58,59)60)42(67-47(78)81-7)44(76)66-39(19-30-12-9-29(10-13-30)11-14-31-15-18-41(64-22-31)71-25-34-16-17-35(26-71)74(34)49(80)70(5)6)40(75)28-72(69-45(77)43(68-48(79)82-8)51(3,4)53(61,62)63)27-36-37(54)20-32(21-38(36)55)33-23-65-73(24-33)46(56)57/h9-10,12-13,15,18,20-24,34-35,39-40,42-43,46,75H,16-17,19,25-28H2,1-8H3,(H,66,76)(H,67,78)(H,68,79)(H,69,77)/t34?,35?,39-,40-,42+,43+/m0/s1. The van der Waals surface area contributed by atoms with E-state index in [1.165, 1.54) is 24.3 Å². The SMILES string of the molecule is COC(=O)N[C@H](C(=O)N[C@@H](Cc1ccc(C#Cc2ccc(N3CC4CCC(C3)N4C(=O)N(C)C)nc2)cc1)[C@@H](O)CN(Cc1c(F)cc(-c2cnn(C(F)F)c2)cc1F)NC(=O)[C@@H](NC(=O)OC)C(C)(C)C(F)(F)F)C(C)(C)C(F)(F)F. The minimum Gasteiger partial charge on any atom is -0.453 e. The van der Waals surface area contributed by atoms with Crippen molar-refractivity contribution in [3.63, 3.8) is 0 Å². The van der Waals surface area contributed by atoms with E-state index in [0.29, 0.717) is 74.9 Å². The number of halogens is 10. The molecule has 2 aromatic carbocycles. The number of carbonyl (C=O) groups excluding carboxylic acids is 5. The van der Waals surface area contributed by atoms with Gasteiger partial charge in [-0.15, -0.1) is 0 Å². The molecule has 82 heavy (non-hydrogen) atoms. The van der Waals surface area contributed by atoms with E-state index in [1.54, 1.807) is 36.6 Å². The number of nitrogens with zero attached hydrogens (tertiary/aromatic N) is 7. The first-order valence-corrected chi connectivity index (χ1v) is 25.2. The maximum Gasteiger partial charge on any atom is 0.407 e. The number of hydrazine groups is 1. The van der Waals surface area contributed by atoms with Gasteiger partial charge in [0.1, 0.15) is 29.5 Å². The van der Waals surface area contributed by atoms with Crippen LogP contribution in [0.1, 0.15) is 69.3 Å². The van der Waals surface area contributed by atoms with Crippen LogP contribution < -0.4 is 26.3 Å². The number of aromatic nitrogens is 3. The Labute approximate surface area is 464 Å². The number of ether oxygens (including phenoxy) is 2. The predicted octanol–water partition coefficient (Wildman–Crippen LogP) is 6.90. The van der Waals surface area contributed by atoms with Crippen molar-refractivity contribution in [1.82, 2.24) is 50.9 Å². The van der Waals surface area contributed by atoms with Gasteiger partial charge in [0, 0.05) is 74.9 Å². The summed E-state index contributed by atoms with van der Waals surface area (Å²) in [6.45, 7) is -1.98. The second-order valence-corrected chi connectivity index (χ2v) is 21.0. The lowest BCUT2D eigenvalue weighted by atomic mass is 9.82. The minimum absolute atomic E-state index is 0.0352. The largest absolute Gasteiger partial charge is 0.453 e. The number of fused-ring (bicyclic) bond motifs is 2. The Morgan fingerprint density at radius 1 is 0.756 bits per heavy atom. The zero-order valence-corrected chi connectivity index (χ0v) is 45.6. The van der Waals surface area contributed by atoms with Crippen molar-refractivity contribution in [3.05, 3.63) is 101 Å². The van der Waals surface area contributed by atoms with Crippen molar-refractivity contribution in [2.24, 2.45) is 10.8 Å².